The number of hydrogen-bond acceptors (Lipinski definition) is 3. The van der Waals surface area contributed by atoms with Crippen LogP contribution < -0.4 is 5.56 Å². The minimum Gasteiger partial charge on any atom is -0.373 e. The zero-order chi connectivity index (χ0) is 18.6. The Labute approximate surface area is 160 Å². The highest BCUT2D eigenvalue weighted by Gasteiger charge is 2.18. The fraction of sp³-hybridized carbons (Fsp3) is 0.368. The van der Waals surface area contributed by atoms with Crippen LogP contribution in [-0.4, -0.2) is 23.6 Å². The molecule has 4 nitrogen and oxygen atoms in total. The lowest BCUT2D eigenvalue weighted by Gasteiger charge is -2.15. The van der Waals surface area contributed by atoms with E-state index < -0.39 is 0 Å². The molecule has 0 radical (unpaired) electrons. The third-order valence-electron chi connectivity index (χ3n) is 3.97. The molecule has 6 heteroatoms. The SMILES string of the molecule is CCCOCC(=O)c1cc(C)c(=O)n(C)c1Cc1ccc(I)cc1F. The molecule has 2 aromatic rings. The maximum absolute atomic E-state index is 14.2. The number of ether oxygens (including phenoxy) is 1. The Balaban J connectivity index is 2.45. The van der Waals surface area contributed by atoms with Crippen LogP contribution in [0.1, 0.15) is 40.5 Å². The van der Waals surface area contributed by atoms with Crippen LogP contribution in [0.5, 0.6) is 0 Å². The zero-order valence-electron chi connectivity index (χ0n) is 14.6. The summed E-state index contributed by atoms with van der Waals surface area (Å²) in [4.78, 5) is 24.8. The van der Waals surface area contributed by atoms with Gasteiger partial charge < -0.3 is 9.30 Å². The van der Waals surface area contributed by atoms with Crippen molar-refractivity contribution in [2.24, 2.45) is 7.05 Å². The van der Waals surface area contributed by atoms with E-state index in [1.807, 2.05) is 29.5 Å². The third kappa shape index (κ3) is 4.76. The monoisotopic (exact) mass is 457 g/mol. The van der Waals surface area contributed by atoms with E-state index in [0.717, 1.165) is 9.99 Å². The lowest BCUT2D eigenvalue weighted by molar-refractivity contribution is 0.0759. The van der Waals surface area contributed by atoms with Gasteiger partial charge in [-0.3, -0.25) is 9.59 Å². The van der Waals surface area contributed by atoms with E-state index in [4.69, 9.17) is 4.74 Å². The summed E-state index contributed by atoms with van der Waals surface area (Å²) >= 11 is 2.04. The molecule has 0 fully saturated rings. The van der Waals surface area contributed by atoms with E-state index in [2.05, 4.69) is 0 Å². The van der Waals surface area contributed by atoms with Gasteiger partial charge in [0.25, 0.3) is 5.56 Å². The highest BCUT2D eigenvalue weighted by atomic mass is 127. The second-order valence-electron chi connectivity index (χ2n) is 5.94. The van der Waals surface area contributed by atoms with Crippen molar-refractivity contribution in [3.05, 3.63) is 66.4 Å². The maximum atomic E-state index is 14.2. The Morgan fingerprint density at radius 1 is 1.32 bits per heavy atom. The minimum absolute atomic E-state index is 0.0480. The standard InChI is InChI=1S/C19H21FINO3/c1-4-7-25-11-18(23)15-8-12(2)19(24)22(3)17(15)9-13-5-6-14(21)10-16(13)20/h5-6,8,10H,4,7,9,11H2,1-3H3. The van der Waals surface area contributed by atoms with Crippen molar-refractivity contribution >= 4 is 28.4 Å². The van der Waals surface area contributed by atoms with Gasteiger partial charge in [-0.25, -0.2) is 4.39 Å². The largest absolute Gasteiger partial charge is 0.373 e. The molecular formula is C19H21FINO3. The first-order chi connectivity index (χ1) is 11.8. The Hall–Kier alpha value is -1.54. The van der Waals surface area contributed by atoms with E-state index in [9.17, 15) is 14.0 Å². The fourth-order valence-corrected chi connectivity index (χ4v) is 3.07. The van der Waals surface area contributed by atoms with Gasteiger partial charge in [0.1, 0.15) is 12.4 Å². The van der Waals surface area contributed by atoms with Crippen molar-refractivity contribution in [3.8, 4) is 0 Å². The zero-order valence-corrected chi connectivity index (χ0v) is 16.7. The van der Waals surface area contributed by atoms with Crippen molar-refractivity contribution in [1.82, 2.24) is 4.57 Å². The van der Waals surface area contributed by atoms with Gasteiger partial charge in [0.2, 0.25) is 0 Å². The van der Waals surface area contributed by atoms with Gasteiger partial charge in [-0.2, -0.15) is 0 Å². The number of aryl methyl sites for hydroxylation is 1. The van der Waals surface area contributed by atoms with Crippen molar-refractivity contribution in [2.45, 2.75) is 26.7 Å². The number of pyridine rings is 1. The number of nitrogens with zero attached hydrogens (tertiary/aromatic N) is 1. The number of Topliss-reactive ketones (excluding diaryl/α,β-unsaturated/α-hetero) is 1. The molecule has 0 aliphatic heterocycles. The number of hydrogen-bond donors (Lipinski definition) is 0. The summed E-state index contributed by atoms with van der Waals surface area (Å²) in [5, 5.41) is 0. The second kappa shape index (κ2) is 8.71. The number of benzene rings is 1. The van der Waals surface area contributed by atoms with Crippen LogP contribution in [0.15, 0.2) is 29.1 Å². The van der Waals surface area contributed by atoms with Gasteiger partial charge in [-0.05, 0) is 59.7 Å². The van der Waals surface area contributed by atoms with Gasteiger partial charge in [0.15, 0.2) is 5.78 Å². The van der Waals surface area contributed by atoms with E-state index in [-0.39, 0.29) is 30.2 Å². The molecule has 0 spiro atoms. The Morgan fingerprint density at radius 3 is 2.68 bits per heavy atom. The number of halogens is 2. The highest BCUT2D eigenvalue weighted by Crippen LogP contribution is 2.19. The van der Waals surface area contributed by atoms with E-state index in [1.165, 1.54) is 10.6 Å². The van der Waals surface area contributed by atoms with Gasteiger partial charge in [0, 0.05) is 40.5 Å². The van der Waals surface area contributed by atoms with Crippen LogP contribution in [-0.2, 0) is 18.2 Å². The summed E-state index contributed by atoms with van der Waals surface area (Å²) < 4.78 is 21.8. The number of carbonyl (C=O) groups excluding carboxylic acids is 1. The summed E-state index contributed by atoms with van der Waals surface area (Å²) in [6.07, 6.45) is 0.990. The van der Waals surface area contributed by atoms with Crippen molar-refractivity contribution in [1.29, 1.82) is 0 Å². The molecule has 0 amide bonds. The first-order valence-corrected chi connectivity index (χ1v) is 9.17. The summed E-state index contributed by atoms with van der Waals surface area (Å²) in [6, 6.07) is 6.51. The summed E-state index contributed by atoms with van der Waals surface area (Å²) in [5.74, 6) is -0.548. The predicted molar refractivity (Wildman–Crippen MR) is 104 cm³/mol. The summed E-state index contributed by atoms with van der Waals surface area (Å²) in [7, 11) is 1.61. The first kappa shape index (κ1) is 19.8. The number of rotatable bonds is 7. The number of carbonyl (C=O) groups is 1. The minimum atomic E-state index is -0.347. The molecular weight excluding hydrogens is 436 g/mol. The highest BCUT2D eigenvalue weighted by molar-refractivity contribution is 14.1. The van der Waals surface area contributed by atoms with Gasteiger partial charge >= 0.3 is 0 Å². The van der Waals surface area contributed by atoms with Gasteiger partial charge in [0.05, 0.1) is 0 Å². The quantitative estimate of drug-likeness (QED) is 0.363. The second-order valence-corrected chi connectivity index (χ2v) is 7.19. The molecule has 134 valence electrons. The predicted octanol–water partition coefficient (Wildman–Crippen LogP) is 3.64. The molecule has 2 rings (SSSR count). The smallest absolute Gasteiger partial charge is 0.253 e. The summed E-state index contributed by atoms with van der Waals surface area (Å²) in [6.45, 7) is 4.08. The molecule has 0 aliphatic rings. The van der Waals surface area contributed by atoms with E-state index >= 15 is 0 Å². The Bertz CT molecular complexity index is 845. The maximum Gasteiger partial charge on any atom is 0.253 e. The number of ketones is 1. The molecule has 0 aliphatic carbocycles. The van der Waals surface area contributed by atoms with Crippen LogP contribution in [0.3, 0.4) is 0 Å². The molecule has 0 saturated carbocycles. The van der Waals surface area contributed by atoms with Crippen LogP contribution in [0.4, 0.5) is 4.39 Å². The topological polar surface area (TPSA) is 48.3 Å². The molecule has 0 unspecified atom stereocenters. The van der Waals surface area contributed by atoms with E-state index in [1.54, 1.807) is 32.2 Å². The molecule has 1 aromatic heterocycles. The molecule has 0 atom stereocenters. The number of aromatic nitrogens is 1. The van der Waals surface area contributed by atoms with Crippen LogP contribution in [0.25, 0.3) is 0 Å². The molecule has 0 bridgehead atoms. The fourth-order valence-electron chi connectivity index (χ4n) is 2.62. The third-order valence-corrected chi connectivity index (χ3v) is 4.64. The average molecular weight is 457 g/mol. The Morgan fingerprint density at radius 2 is 2.04 bits per heavy atom. The van der Waals surface area contributed by atoms with Crippen molar-refractivity contribution < 1.29 is 13.9 Å². The Kier molecular flexibility index (Phi) is 6.89. The van der Waals surface area contributed by atoms with Gasteiger partial charge in [-0.15, -0.1) is 0 Å². The lowest BCUT2D eigenvalue weighted by Crippen LogP contribution is -2.27. The van der Waals surface area contributed by atoms with Crippen LogP contribution in [0.2, 0.25) is 0 Å². The van der Waals surface area contributed by atoms with Crippen LogP contribution >= 0.6 is 22.6 Å². The normalized spacial score (nSPS) is 10.9. The van der Waals surface area contributed by atoms with E-state index in [0.29, 0.717) is 29.0 Å². The van der Waals surface area contributed by atoms with Crippen molar-refractivity contribution in [3.63, 3.8) is 0 Å². The van der Waals surface area contributed by atoms with Crippen molar-refractivity contribution in [2.75, 3.05) is 13.2 Å². The van der Waals surface area contributed by atoms with Gasteiger partial charge in [-0.1, -0.05) is 13.0 Å². The molecule has 0 N–H and O–H groups in total. The van der Waals surface area contributed by atoms with Crippen LogP contribution in [0, 0.1) is 16.3 Å². The summed E-state index contributed by atoms with van der Waals surface area (Å²) in [5.41, 5.74) is 1.65. The molecule has 1 aromatic carbocycles. The molecule has 1 heterocycles. The first-order valence-electron chi connectivity index (χ1n) is 8.09. The average Bonchev–Trinajstić information content (AvgIpc) is 2.57. The molecule has 0 saturated heterocycles. The lowest BCUT2D eigenvalue weighted by atomic mass is 10.00. The molecule has 25 heavy (non-hydrogen) atoms.